The van der Waals surface area contributed by atoms with Crippen LogP contribution in [0.1, 0.15) is 17.5 Å². The molecule has 92 valence electrons. The summed E-state index contributed by atoms with van der Waals surface area (Å²) >= 11 is 0. The first-order chi connectivity index (χ1) is 8.58. The van der Waals surface area contributed by atoms with Crippen molar-refractivity contribution in [3.05, 3.63) is 42.2 Å². The molecule has 2 rings (SSSR count). The molecule has 3 N–H and O–H groups in total. The van der Waals surface area contributed by atoms with Crippen molar-refractivity contribution in [3.8, 4) is 11.3 Å². The van der Waals surface area contributed by atoms with Crippen molar-refractivity contribution in [2.45, 2.75) is 6.92 Å². The molecule has 0 radical (unpaired) electrons. The molecule has 2 aromatic rings. The van der Waals surface area contributed by atoms with Crippen LogP contribution in [0.5, 0.6) is 0 Å². The lowest BCUT2D eigenvalue weighted by molar-refractivity contribution is -0.118. The number of para-hydroxylation sites is 1. The SMILES string of the molecule is CC(=O)NC(=O)c1ccc(-c2ccccc2N)o1. The van der Waals surface area contributed by atoms with E-state index in [4.69, 9.17) is 10.2 Å². The Labute approximate surface area is 104 Å². The Balaban J connectivity index is 2.29. The average Bonchev–Trinajstić information content (AvgIpc) is 2.78. The van der Waals surface area contributed by atoms with Gasteiger partial charge in [-0.05, 0) is 24.3 Å². The van der Waals surface area contributed by atoms with Gasteiger partial charge in [-0.3, -0.25) is 14.9 Å². The molecule has 0 aliphatic rings. The number of rotatable bonds is 2. The lowest BCUT2D eigenvalue weighted by Gasteiger charge is -2.01. The third kappa shape index (κ3) is 2.40. The zero-order valence-corrected chi connectivity index (χ0v) is 9.77. The molecule has 0 aliphatic heterocycles. The minimum absolute atomic E-state index is 0.0726. The lowest BCUT2D eigenvalue weighted by atomic mass is 10.1. The van der Waals surface area contributed by atoms with Crippen LogP contribution in [-0.2, 0) is 4.79 Å². The summed E-state index contributed by atoms with van der Waals surface area (Å²) in [6.45, 7) is 1.26. The number of furan rings is 1. The lowest BCUT2D eigenvalue weighted by Crippen LogP contribution is -2.27. The van der Waals surface area contributed by atoms with E-state index in [1.165, 1.54) is 13.0 Å². The first-order valence-electron chi connectivity index (χ1n) is 5.34. The van der Waals surface area contributed by atoms with Gasteiger partial charge in [-0.25, -0.2) is 0 Å². The van der Waals surface area contributed by atoms with Crippen molar-refractivity contribution in [3.63, 3.8) is 0 Å². The highest BCUT2D eigenvalue weighted by Crippen LogP contribution is 2.27. The van der Waals surface area contributed by atoms with E-state index in [1.54, 1.807) is 18.2 Å². The number of nitrogen functional groups attached to an aromatic ring is 1. The van der Waals surface area contributed by atoms with Crippen LogP contribution < -0.4 is 11.1 Å². The summed E-state index contributed by atoms with van der Waals surface area (Å²) in [6, 6.07) is 10.3. The Morgan fingerprint density at radius 3 is 2.56 bits per heavy atom. The highest BCUT2D eigenvalue weighted by atomic mass is 16.4. The van der Waals surface area contributed by atoms with E-state index in [9.17, 15) is 9.59 Å². The summed E-state index contributed by atoms with van der Waals surface area (Å²) < 4.78 is 5.37. The number of nitrogens with two attached hydrogens (primary N) is 1. The summed E-state index contributed by atoms with van der Waals surface area (Å²) in [5, 5.41) is 2.14. The van der Waals surface area contributed by atoms with Crippen LogP contribution in [0.2, 0.25) is 0 Å². The zero-order valence-electron chi connectivity index (χ0n) is 9.77. The molecule has 2 amide bonds. The smallest absolute Gasteiger partial charge is 0.293 e. The fraction of sp³-hybridized carbons (Fsp3) is 0.0769. The molecule has 0 unspecified atom stereocenters. The number of carbonyl (C=O) groups is 2. The minimum Gasteiger partial charge on any atom is -0.451 e. The van der Waals surface area contributed by atoms with Crippen LogP contribution in [0.3, 0.4) is 0 Å². The Morgan fingerprint density at radius 2 is 1.89 bits per heavy atom. The van der Waals surface area contributed by atoms with Crippen LogP contribution in [-0.4, -0.2) is 11.8 Å². The monoisotopic (exact) mass is 244 g/mol. The standard InChI is InChI=1S/C13H12N2O3/c1-8(16)15-13(17)12-7-6-11(18-12)9-4-2-3-5-10(9)14/h2-7H,14H2,1H3,(H,15,16,17). The average molecular weight is 244 g/mol. The van der Waals surface area contributed by atoms with Gasteiger partial charge in [0.05, 0.1) is 0 Å². The Morgan fingerprint density at radius 1 is 1.17 bits per heavy atom. The molecule has 5 nitrogen and oxygen atoms in total. The maximum absolute atomic E-state index is 11.5. The number of nitrogens with one attached hydrogen (secondary N) is 1. The van der Waals surface area contributed by atoms with Gasteiger partial charge in [0.1, 0.15) is 5.76 Å². The molecule has 0 saturated carbocycles. The highest BCUT2D eigenvalue weighted by Gasteiger charge is 2.14. The Bertz CT molecular complexity index is 602. The third-order valence-corrected chi connectivity index (χ3v) is 2.35. The van der Waals surface area contributed by atoms with Gasteiger partial charge in [-0.1, -0.05) is 12.1 Å². The summed E-state index contributed by atoms with van der Waals surface area (Å²) in [4.78, 5) is 22.3. The number of amides is 2. The van der Waals surface area contributed by atoms with Gasteiger partial charge in [0.15, 0.2) is 5.76 Å². The molecule has 0 saturated heterocycles. The molecule has 1 aromatic carbocycles. The van der Waals surface area contributed by atoms with Gasteiger partial charge < -0.3 is 10.2 Å². The van der Waals surface area contributed by atoms with Gasteiger partial charge in [-0.2, -0.15) is 0 Å². The topological polar surface area (TPSA) is 85.3 Å². The summed E-state index contributed by atoms with van der Waals surface area (Å²) in [5.74, 6) is -0.439. The molecule has 0 bridgehead atoms. The maximum Gasteiger partial charge on any atom is 0.293 e. The minimum atomic E-state index is -0.566. The first-order valence-corrected chi connectivity index (χ1v) is 5.34. The number of hydrogen-bond acceptors (Lipinski definition) is 4. The Hall–Kier alpha value is -2.56. The van der Waals surface area contributed by atoms with Crippen molar-refractivity contribution < 1.29 is 14.0 Å². The molecule has 0 atom stereocenters. The van der Waals surface area contributed by atoms with Crippen LogP contribution in [0.4, 0.5) is 5.69 Å². The summed E-state index contributed by atoms with van der Waals surface area (Å²) in [6.07, 6.45) is 0. The van der Waals surface area contributed by atoms with Gasteiger partial charge in [0, 0.05) is 18.2 Å². The van der Waals surface area contributed by atoms with E-state index < -0.39 is 11.8 Å². The van der Waals surface area contributed by atoms with Crippen molar-refractivity contribution >= 4 is 17.5 Å². The summed E-state index contributed by atoms with van der Waals surface area (Å²) in [7, 11) is 0. The van der Waals surface area contributed by atoms with Crippen molar-refractivity contribution in [1.29, 1.82) is 0 Å². The maximum atomic E-state index is 11.5. The molecule has 0 aliphatic carbocycles. The third-order valence-electron chi connectivity index (χ3n) is 2.35. The van der Waals surface area contributed by atoms with E-state index in [-0.39, 0.29) is 5.76 Å². The molecule has 0 fully saturated rings. The zero-order chi connectivity index (χ0) is 13.1. The molecular formula is C13H12N2O3. The number of benzene rings is 1. The highest BCUT2D eigenvalue weighted by molar-refractivity contribution is 6.02. The number of carbonyl (C=O) groups excluding carboxylic acids is 2. The van der Waals surface area contributed by atoms with E-state index >= 15 is 0 Å². The van der Waals surface area contributed by atoms with E-state index in [0.29, 0.717) is 17.0 Å². The molecule has 18 heavy (non-hydrogen) atoms. The van der Waals surface area contributed by atoms with Crippen molar-refractivity contribution in [2.24, 2.45) is 0 Å². The van der Waals surface area contributed by atoms with Crippen LogP contribution in [0.15, 0.2) is 40.8 Å². The quantitative estimate of drug-likeness (QED) is 0.789. The molecular weight excluding hydrogens is 232 g/mol. The van der Waals surface area contributed by atoms with Crippen LogP contribution >= 0.6 is 0 Å². The number of anilines is 1. The fourth-order valence-electron chi connectivity index (χ4n) is 1.55. The van der Waals surface area contributed by atoms with E-state index in [2.05, 4.69) is 5.32 Å². The number of imide groups is 1. The van der Waals surface area contributed by atoms with Crippen LogP contribution in [0.25, 0.3) is 11.3 Å². The number of hydrogen-bond donors (Lipinski definition) is 2. The van der Waals surface area contributed by atoms with E-state index in [0.717, 1.165) is 0 Å². The van der Waals surface area contributed by atoms with Gasteiger partial charge >= 0.3 is 0 Å². The second-order valence-corrected chi connectivity index (χ2v) is 3.76. The summed E-state index contributed by atoms with van der Waals surface area (Å²) in [5.41, 5.74) is 7.07. The van der Waals surface area contributed by atoms with Gasteiger partial charge in [0.25, 0.3) is 5.91 Å². The predicted octanol–water partition coefficient (Wildman–Crippen LogP) is 1.81. The van der Waals surface area contributed by atoms with Gasteiger partial charge in [0.2, 0.25) is 5.91 Å². The molecule has 5 heteroatoms. The molecule has 1 heterocycles. The van der Waals surface area contributed by atoms with Gasteiger partial charge in [-0.15, -0.1) is 0 Å². The predicted molar refractivity (Wildman–Crippen MR) is 66.7 cm³/mol. The fourth-order valence-corrected chi connectivity index (χ4v) is 1.55. The van der Waals surface area contributed by atoms with E-state index in [1.807, 2.05) is 12.1 Å². The molecule has 1 aromatic heterocycles. The van der Waals surface area contributed by atoms with Crippen LogP contribution in [0, 0.1) is 0 Å². The molecule has 0 spiro atoms. The van der Waals surface area contributed by atoms with Crippen molar-refractivity contribution in [1.82, 2.24) is 5.32 Å². The largest absolute Gasteiger partial charge is 0.451 e. The van der Waals surface area contributed by atoms with Crippen molar-refractivity contribution in [2.75, 3.05) is 5.73 Å². The normalized spacial score (nSPS) is 10.1. The second kappa shape index (κ2) is 4.75. The second-order valence-electron chi connectivity index (χ2n) is 3.76. The first kappa shape index (κ1) is 11.9. The Kier molecular flexibility index (Phi) is 3.14.